The summed E-state index contributed by atoms with van der Waals surface area (Å²) in [7, 11) is 0.882. The quantitative estimate of drug-likeness (QED) is 0.634. The summed E-state index contributed by atoms with van der Waals surface area (Å²) in [5.41, 5.74) is 0.953. The van der Waals surface area contributed by atoms with Crippen LogP contribution in [0.1, 0.15) is 37.7 Å². The van der Waals surface area contributed by atoms with E-state index in [9.17, 15) is 9.90 Å². The number of nitrogens with one attached hydrogen (secondary N) is 2. The van der Waals surface area contributed by atoms with Gasteiger partial charge in [0.05, 0.1) is 6.10 Å². The van der Waals surface area contributed by atoms with Crippen molar-refractivity contribution in [2.45, 2.75) is 44.8 Å². The third kappa shape index (κ3) is 7.73. The Morgan fingerprint density at radius 3 is 2.77 bits per heavy atom. The zero-order valence-electron chi connectivity index (χ0n) is 13.0. The number of halogens is 1. The fraction of sp³-hybridized carbons (Fsp3) is 0.688. The maximum absolute atomic E-state index is 10.9. The molecule has 6 heteroatoms. The van der Waals surface area contributed by atoms with Crippen molar-refractivity contribution in [2.75, 3.05) is 18.9 Å². The second kappa shape index (κ2) is 11.2. The average Bonchev–Trinajstić information content (AvgIpc) is 2.50. The maximum Gasteiger partial charge on any atom is 0.247 e. The Bertz CT molecular complexity index is 443. The third-order valence-corrected chi connectivity index (χ3v) is 5.72. The van der Waals surface area contributed by atoms with Gasteiger partial charge < -0.3 is 15.4 Å². The summed E-state index contributed by atoms with van der Waals surface area (Å²) >= 11 is 0. The van der Waals surface area contributed by atoms with E-state index in [0.29, 0.717) is 13.1 Å². The Morgan fingerprint density at radius 2 is 2.09 bits per heavy atom. The first kappa shape index (κ1) is 19.6. The van der Waals surface area contributed by atoms with Gasteiger partial charge in [-0.15, -0.1) is 21.0 Å². The van der Waals surface area contributed by atoms with Crippen LogP contribution in [0.4, 0.5) is 0 Å². The standard InChI is InChI=1S/C16H27N2O2P.ClH/c19-15(12-21-11-13-4-2-1-3-5-13)10-17-8-14-6-7-16(20)18-9-14;/h6-7,9,13,15,17,19,21H,1-5,8,10-12H2,(H,18,20);1H/t15-;/m0./s1. The minimum absolute atomic E-state index is 0. The molecular formula is C16H28ClN2O2P. The Hall–Kier alpha value is -0.410. The zero-order chi connectivity index (χ0) is 14.9. The largest absolute Gasteiger partial charge is 0.391 e. The Kier molecular flexibility index (Phi) is 9.98. The van der Waals surface area contributed by atoms with Crippen molar-refractivity contribution in [3.8, 4) is 0 Å². The van der Waals surface area contributed by atoms with E-state index in [1.807, 2.05) is 6.07 Å². The lowest BCUT2D eigenvalue weighted by Gasteiger charge is -2.22. The first-order valence-electron chi connectivity index (χ1n) is 8.01. The molecule has 1 aromatic rings. The predicted molar refractivity (Wildman–Crippen MR) is 96.6 cm³/mol. The van der Waals surface area contributed by atoms with Gasteiger partial charge in [-0.25, -0.2) is 0 Å². The Morgan fingerprint density at radius 1 is 1.32 bits per heavy atom. The second-order valence-electron chi connectivity index (χ2n) is 6.01. The number of aromatic amines is 1. The summed E-state index contributed by atoms with van der Waals surface area (Å²) in [6.45, 7) is 1.30. The zero-order valence-corrected chi connectivity index (χ0v) is 14.8. The average molecular weight is 347 g/mol. The predicted octanol–water partition coefficient (Wildman–Crippen LogP) is 2.51. The lowest BCUT2D eigenvalue weighted by molar-refractivity contribution is 0.194. The number of pyridine rings is 1. The van der Waals surface area contributed by atoms with E-state index < -0.39 is 0 Å². The van der Waals surface area contributed by atoms with Gasteiger partial charge in [-0.1, -0.05) is 38.2 Å². The van der Waals surface area contributed by atoms with Crippen LogP contribution in [-0.4, -0.2) is 35.1 Å². The summed E-state index contributed by atoms with van der Waals surface area (Å²) in [6.07, 6.45) is 10.7. The molecule has 1 aromatic heterocycles. The van der Waals surface area contributed by atoms with Crippen LogP contribution in [0.15, 0.2) is 23.1 Å². The van der Waals surface area contributed by atoms with Crippen LogP contribution in [-0.2, 0) is 6.54 Å². The molecule has 1 aliphatic carbocycles. The number of H-pyrrole nitrogens is 1. The number of rotatable bonds is 8. The van der Waals surface area contributed by atoms with E-state index in [2.05, 4.69) is 10.3 Å². The van der Waals surface area contributed by atoms with Crippen LogP contribution >= 0.6 is 21.0 Å². The van der Waals surface area contributed by atoms with E-state index in [0.717, 1.165) is 26.2 Å². The maximum atomic E-state index is 10.9. The van der Waals surface area contributed by atoms with Crippen molar-refractivity contribution >= 4 is 21.0 Å². The molecule has 0 amide bonds. The highest BCUT2D eigenvalue weighted by Crippen LogP contribution is 2.29. The van der Waals surface area contributed by atoms with Gasteiger partial charge in [0, 0.05) is 25.4 Å². The Balaban J connectivity index is 0.00000242. The molecule has 0 aromatic carbocycles. The molecule has 0 saturated heterocycles. The molecule has 2 atom stereocenters. The normalized spacial score (nSPS) is 17.5. The van der Waals surface area contributed by atoms with Gasteiger partial charge in [-0.3, -0.25) is 4.79 Å². The van der Waals surface area contributed by atoms with Gasteiger partial charge in [0.1, 0.15) is 0 Å². The molecular weight excluding hydrogens is 319 g/mol. The van der Waals surface area contributed by atoms with Crippen molar-refractivity contribution in [2.24, 2.45) is 5.92 Å². The van der Waals surface area contributed by atoms with Crippen LogP contribution in [0, 0.1) is 5.92 Å². The van der Waals surface area contributed by atoms with E-state index in [1.165, 1.54) is 44.3 Å². The fourth-order valence-electron chi connectivity index (χ4n) is 2.85. The molecule has 1 fully saturated rings. The molecule has 1 saturated carbocycles. The molecule has 1 heterocycles. The highest BCUT2D eigenvalue weighted by molar-refractivity contribution is 7.38. The molecule has 22 heavy (non-hydrogen) atoms. The molecule has 0 bridgehead atoms. The van der Waals surface area contributed by atoms with Crippen molar-refractivity contribution in [1.82, 2.24) is 10.3 Å². The van der Waals surface area contributed by atoms with Gasteiger partial charge in [0.15, 0.2) is 0 Å². The van der Waals surface area contributed by atoms with Crippen LogP contribution in [0.2, 0.25) is 0 Å². The molecule has 0 spiro atoms. The summed E-state index contributed by atoms with van der Waals surface area (Å²) in [5.74, 6) is 0.915. The summed E-state index contributed by atoms with van der Waals surface area (Å²) in [6, 6.07) is 3.34. The van der Waals surface area contributed by atoms with Crippen LogP contribution < -0.4 is 10.9 Å². The number of hydrogen-bond donors (Lipinski definition) is 3. The van der Waals surface area contributed by atoms with Crippen LogP contribution in [0.25, 0.3) is 0 Å². The molecule has 2 rings (SSSR count). The number of aliphatic hydroxyl groups is 1. The summed E-state index contributed by atoms with van der Waals surface area (Å²) < 4.78 is 0. The first-order valence-corrected chi connectivity index (χ1v) is 9.42. The van der Waals surface area contributed by atoms with E-state index in [-0.39, 0.29) is 24.1 Å². The second-order valence-corrected chi connectivity index (χ2v) is 7.32. The lowest BCUT2D eigenvalue weighted by atomic mass is 9.91. The molecule has 126 valence electrons. The first-order chi connectivity index (χ1) is 10.2. The molecule has 0 aliphatic heterocycles. The molecule has 1 aliphatic rings. The van der Waals surface area contributed by atoms with Gasteiger partial charge >= 0.3 is 0 Å². The molecule has 1 unspecified atom stereocenters. The number of aliphatic hydroxyl groups excluding tert-OH is 1. The highest BCUT2D eigenvalue weighted by atomic mass is 35.5. The van der Waals surface area contributed by atoms with Gasteiger partial charge in [0.25, 0.3) is 0 Å². The number of hydrogen-bond acceptors (Lipinski definition) is 3. The topological polar surface area (TPSA) is 65.1 Å². The number of aromatic nitrogens is 1. The molecule has 4 nitrogen and oxygen atoms in total. The molecule has 3 N–H and O–H groups in total. The van der Waals surface area contributed by atoms with Crippen LogP contribution in [0.5, 0.6) is 0 Å². The minimum Gasteiger partial charge on any atom is -0.391 e. The summed E-state index contributed by atoms with van der Waals surface area (Å²) in [5, 5.41) is 13.2. The van der Waals surface area contributed by atoms with Gasteiger partial charge in [0.2, 0.25) is 5.56 Å². The lowest BCUT2D eigenvalue weighted by Crippen LogP contribution is -2.28. The minimum atomic E-state index is -0.255. The Labute approximate surface area is 140 Å². The van der Waals surface area contributed by atoms with E-state index in [1.54, 1.807) is 6.20 Å². The smallest absolute Gasteiger partial charge is 0.247 e. The monoisotopic (exact) mass is 346 g/mol. The van der Waals surface area contributed by atoms with Gasteiger partial charge in [-0.2, -0.15) is 0 Å². The molecule has 0 radical (unpaired) electrons. The van der Waals surface area contributed by atoms with E-state index >= 15 is 0 Å². The van der Waals surface area contributed by atoms with Crippen molar-refractivity contribution in [3.05, 3.63) is 34.2 Å². The SMILES string of the molecule is Cl.O=c1ccc(CNC[C@H](O)CPCC2CCCCC2)c[nH]1. The fourth-order valence-corrected chi connectivity index (χ4v) is 4.31. The van der Waals surface area contributed by atoms with Crippen molar-refractivity contribution in [1.29, 1.82) is 0 Å². The highest BCUT2D eigenvalue weighted by Gasteiger charge is 2.13. The van der Waals surface area contributed by atoms with Crippen molar-refractivity contribution in [3.63, 3.8) is 0 Å². The van der Waals surface area contributed by atoms with Gasteiger partial charge in [-0.05, 0) is 23.8 Å². The van der Waals surface area contributed by atoms with E-state index in [4.69, 9.17) is 0 Å². The summed E-state index contributed by atoms with van der Waals surface area (Å²) in [4.78, 5) is 13.6. The van der Waals surface area contributed by atoms with Crippen molar-refractivity contribution < 1.29 is 5.11 Å². The van der Waals surface area contributed by atoms with Crippen LogP contribution in [0.3, 0.4) is 0 Å². The third-order valence-electron chi connectivity index (χ3n) is 4.10.